The molecule has 0 bridgehead atoms. The van der Waals surface area contributed by atoms with Gasteiger partial charge in [0.2, 0.25) is 0 Å². The Balaban J connectivity index is 3.59. The van der Waals surface area contributed by atoms with Crippen molar-refractivity contribution in [3.8, 4) is 0 Å². The van der Waals surface area contributed by atoms with E-state index in [2.05, 4.69) is 9.64 Å². The van der Waals surface area contributed by atoms with Crippen molar-refractivity contribution in [2.75, 3.05) is 41.3 Å². The predicted octanol–water partition coefficient (Wildman–Crippen LogP) is 0.557. The maximum Gasteiger partial charge on any atom is 0.331 e. The molecule has 0 aromatic rings. The minimum absolute atomic E-state index is 0.315. The van der Waals surface area contributed by atoms with Crippen molar-refractivity contribution in [2.24, 2.45) is 0 Å². The first-order chi connectivity index (χ1) is 6.56. The Hall–Kier alpha value is -1.03. The zero-order valence-electron chi connectivity index (χ0n) is 9.49. The molecule has 0 saturated carbocycles. The number of hydrogen-bond donors (Lipinski definition) is 0. The molecule has 0 spiro atoms. The Morgan fingerprint density at radius 3 is 2.43 bits per heavy atom. The molecule has 0 unspecified atom stereocenters. The summed E-state index contributed by atoms with van der Waals surface area (Å²) in [6, 6.07) is 0. The highest BCUT2D eigenvalue weighted by molar-refractivity contribution is 5.81. The van der Waals surface area contributed by atoms with Crippen LogP contribution in [0.2, 0.25) is 0 Å². The molecule has 0 N–H and O–H groups in total. The van der Waals surface area contributed by atoms with E-state index in [9.17, 15) is 4.79 Å². The van der Waals surface area contributed by atoms with E-state index in [1.54, 1.807) is 6.20 Å². The number of ether oxygens (including phenoxy) is 1. The average Bonchev–Trinajstić information content (AvgIpc) is 2.13. The van der Waals surface area contributed by atoms with Crippen molar-refractivity contribution in [1.82, 2.24) is 9.80 Å². The van der Waals surface area contributed by atoms with Crippen molar-refractivity contribution >= 4 is 5.97 Å². The van der Waals surface area contributed by atoms with Gasteiger partial charge in [-0.25, -0.2) is 4.79 Å². The van der Waals surface area contributed by atoms with E-state index in [4.69, 9.17) is 0 Å². The van der Waals surface area contributed by atoms with Crippen LogP contribution >= 0.6 is 0 Å². The Morgan fingerprint density at radius 2 is 1.93 bits per heavy atom. The molecule has 0 fully saturated rings. The number of carbonyl (C=O) groups is 1. The quantitative estimate of drug-likeness (QED) is 0.463. The van der Waals surface area contributed by atoms with Crippen LogP contribution in [-0.2, 0) is 9.53 Å². The van der Waals surface area contributed by atoms with Gasteiger partial charge in [-0.1, -0.05) is 0 Å². The minimum Gasteiger partial charge on any atom is -0.466 e. The van der Waals surface area contributed by atoms with E-state index in [1.165, 1.54) is 13.2 Å². The SMILES string of the molecule is COC(=O)C=CN(C)CCCN(C)C. The molecule has 0 aliphatic rings. The van der Waals surface area contributed by atoms with Crippen LogP contribution in [0.15, 0.2) is 12.3 Å². The maximum absolute atomic E-state index is 10.8. The van der Waals surface area contributed by atoms with Gasteiger partial charge in [0.15, 0.2) is 0 Å². The fraction of sp³-hybridized carbons (Fsp3) is 0.700. The fourth-order valence-electron chi connectivity index (χ4n) is 0.967. The van der Waals surface area contributed by atoms with Gasteiger partial charge in [-0.05, 0) is 27.1 Å². The molecule has 0 aliphatic heterocycles. The standard InChI is InChI=1S/C10H20N2O2/c1-11(2)7-5-8-12(3)9-6-10(13)14-4/h6,9H,5,7-8H2,1-4H3. The molecule has 0 rings (SSSR count). The molecule has 14 heavy (non-hydrogen) atoms. The van der Waals surface area contributed by atoms with Gasteiger partial charge in [-0.2, -0.15) is 0 Å². The number of esters is 1. The molecule has 0 radical (unpaired) electrons. The molecule has 0 aliphatic carbocycles. The van der Waals surface area contributed by atoms with E-state index in [0.717, 1.165) is 19.5 Å². The van der Waals surface area contributed by atoms with Gasteiger partial charge in [-0.15, -0.1) is 0 Å². The summed E-state index contributed by atoms with van der Waals surface area (Å²) in [7, 11) is 7.41. The van der Waals surface area contributed by atoms with E-state index in [-0.39, 0.29) is 5.97 Å². The third kappa shape index (κ3) is 7.61. The smallest absolute Gasteiger partial charge is 0.331 e. The van der Waals surface area contributed by atoms with Crippen molar-refractivity contribution in [2.45, 2.75) is 6.42 Å². The lowest BCUT2D eigenvalue weighted by molar-refractivity contribution is -0.134. The zero-order chi connectivity index (χ0) is 11.0. The first kappa shape index (κ1) is 13.0. The van der Waals surface area contributed by atoms with Crippen LogP contribution in [0.1, 0.15) is 6.42 Å². The van der Waals surface area contributed by atoms with Gasteiger partial charge >= 0.3 is 5.97 Å². The van der Waals surface area contributed by atoms with Crippen LogP contribution in [0.3, 0.4) is 0 Å². The third-order valence-corrected chi connectivity index (χ3v) is 1.78. The van der Waals surface area contributed by atoms with Crippen LogP contribution in [0.4, 0.5) is 0 Å². The summed E-state index contributed by atoms with van der Waals surface area (Å²) in [5.41, 5.74) is 0. The average molecular weight is 200 g/mol. The van der Waals surface area contributed by atoms with Gasteiger partial charge in [0.05, 0.1) is 7.11 Å². The summed E-state index contributed by atoms with van der Waals surface area (Å²) in [5.74, 6) is -0.315. The molecule has 82 valence electrons. The number of nitrogens with zero attached hydrogens (tertiary/aromatic N) is 2. The van der Waals surface area contributed by atoms with Crippen LogP contribution in [0, 0.1) is 0 Å². The van der Waals surface area contributed by atoms with Crippen molar-refractivity contribution in [3.05, 3.63) is 12.3 Å². The lowest BCUT2D eigenvalue weighted by Crippen LogP contribution is -2.20. The molecule has 0 aromatic carbocycles. The van der Waals surface area contributed by atoms with Crippen LogP contribution < -0.4 is 0 Å². The van der Waals surface area contributed by atoms with E-state index < -0.39 is 0 Å². The Labute approximate surface area is 86.1 Å². The second-order valence-electron chi connectivity index (χ2n) is 3.48. The van der Waals surface area contributed by atoms with Crippen molar-refractivity contribution < 1.29 is 9.53 Å². The number of methoxy groups -OCH3 is 1. The number of carbonyl (C=O) groups excluding carboxylic acids is 1. The Kier molecular flexibility index (Phi) is 6.84. The van der Waals surface area contributed by atoms with E-state index >= 15 is 0 Å². The number of rotatable bonds is 6. The molecule has 0 aromatic heterocycles. The fourth-order valence-corrected chi connectivity index (χ4v) is 0.967. The monoisotopic (exact) mass is 200 g/mol. The first-order valence-corrected chi connectivity index (χ1v) is 4.67. The first-order valence-electron chi connectivity index (χ1n) is 4.67. The molecule has 0 heterocycles. The molecule has 4 nitrogen and oxygen atoms in total. The summed E-state index contributed by atoms with van der Waals surface area (Å²) in [6.45, 7) is 1.99. The highest BCUT2D eigenvalue weighted by Gasteiger charge is 1.95. The predicted molar refractivity (Wildman–Crippen MR) is 57.0 cm³/mol. The second-order valence-corrected chi connectivity index (χ2v) is 3.48. The second kappa shape index (κ2) is 7.38. The topological polar surface area (TPSA) is 32.8 Å². The Bertz CT molecular complexity index is 191. The van der Waals surface area contributed by atoms with Crippen molar-refractivity contribution in [3.63, 3.8) is 0 Å². The maximum atomic E-state index is 10.8. The Morgan fingerprint density at radius 1 is 1.29 bits per heavy atom. The van der Waals surface area contributed by atoms with Crippen LogP contribution in [0.5, 0.6) is 0 Å². The summed E-state index contributed by atoms with van der Waals surface area (Å²) < 4.78 is 4.48. The molecule has 4 heteroatoms. The summed E-state index contributed by atoms with van der Waals surface area (Å²) in [5, 5.41) is 0. The normalized spacial score (nSPS) is 10.9. The highest BCUT2D eigenvalue weighted by Crippen LogP contribution is 1.91. The van der Waals surface area contributed by atoms with Crippen molar-refractivity contribution in [1.29, 1.82) is 0 Å². The largest absolute Gasteiger partial charge is 0.466 e. The van der Waals surface area contributed by atoms with E-state index in [0.29, 0.717) is 0 Å². The summed E-state index contributed by atoms with van der Waals surface area (Å²) >= 11 is 0. The van der Waals surface area contributed by atoms with E-state index in [1.807, 2.05) is 26.0 Å². The van der Waals surface area contributed by atoms with Gasteiger partial charge in [0.1, 0.15) is 0 Å². The summed E-state index contributed by atoms with van der Waals surface area (Å²) in [6.07, 6.45) is 4.24. The van der Waals surface area contributed by atoms with Gasteiger partial charge in [0, 0.05) is 25.9 Å². The minimum atomic E-state index is -0.315. The van der Waals surface area contributed by atoms with Gasteiger partial charge in [0.25, 0.3) is 0 Å². The van der Waals surface area contributed by atoms with Gasteiger partial charge in [-0.3, -0.25) is 0 Å². The zero-order valence-corrected chi connectivity index (χ0v) is 9.49. The molecular weight excluding hydrogens is 180 g/mol. The summed E-state index contributed by atoms with van der Waals surface area (Å²) in [4.78, 5) is 14.9. The molecular formula is C10H20N2O2. The molecule has 0 saturated heterocycles. The lowest BCUT2D eigenvalue weighted by atomic mass is 10.4. The van der Waals surface area contributed by atoms with Crippen LogP contribution in [0.25, 0.3) is 0 Å². The van der Waals surface area contributed by atoms with Gasteiger partial charge < -0.3 is 14.5 Å². The van der Waals surface area contributed by atoms with Crippen LogP contribution in [-0.4, -0.2) is 57.1 Å². The number of hydrogen-bond acceptors (Lipinski definition) is 4. The highest BCUT2D eigenvalue weighted by atomic mass is 16.5. The molecule has 0 amide bonds. The molecule has 0 atom stereocenters. The lowest BCUT2D eigenvalue weighted by Gasteiger charge is -2.15. The third-order valence-electron chi connectivity index (χ3n) is 1.78.